The summed E-state index contributed by atoms with van der Waals surface area (Å²) in [5.74, 6) is -0.0360. The maximum absolute atomic E-state index is 13.5. The molecule has 0 bridgehead atoms. The standard InChI is InChI=1S/C27H28FN5O/c28-21-8-5-6-19(16-21)13-15-31-26-24(27(34)32-18-22-9-3-4-14-30-22)11-12-25(33-26)23-10-2-1-7-20(23)17-29/h1-2,5-8,10-12,16,22,30H,3-4,9,13-15,18H2,(H,31,33)(H,32,34)/t22-/m1/s1. The lowest BCUT2D eigenvalue weighted by Crippen LogP contribution is -2.43. The molecule has 1 aliphatic heterocycles. The number of amides is 1. The third-order valence-corrected chi connectivity index (χ3v) is 5.98. The number of carbonyl (C=O) groups excluding carboxylic acids is 1. The molecule has 174 valence electrons. The number of nitriles is 1. The van der Waals surface area contributed by atoms with Gasteiger partial charge in [0.2, 0.25) is 0 Å². The van der Waals surface area contributed by atoms with Gasteiger partial charge in [-0.1, -0.05) is 36.8 Å². The lowest BCUT2D eigenvalue weighted by Gasteiger charge is -2.23. The fourth-order valence-electron chi connectivity index (χ4n) is 4.16. The van der Waals surface area contributed by atoms with Crippen molar-refractivity contribution in [2.45, 2.75) is 31.7 Å². The van der Waals surface area contributed by atoms with Gasteiger partial charge in [0, 0.05) is 24.7 Å². The normalized spacial score (nSPS) is 15.4. The number of hydrogen-bond acceptors (Lipinski definition) is 5. The molecule has 1 aliphatic rings. The van der Waals surface area contributed by atoms with Gasteiger partial charge in [-0.2, -0.15) is 5.26 Å². The second-order valence-electron chi connectivity index (χ2n) is 8.41. The molecule has 1 saturated heterocycles. The Morgan fingerprint density at radius 2 is 2.03 bits per heavy atom. The second kappa shape index (κ2) is 11.4. The minimum Gasteiger partial charge on any atom is -0.369 e. The van der Waals surface area contributed by atoms with Gasteiger partial charge in [0.25, 0.3) is 5.91 Å². The number of anilines is 1. The molecular weight excluding hydrogens is 429 g/mol. The van der Waals surface area contributed by atoms with Crippen molar-refractivity contribution in [1.29, 1.82) is 5.26 Å². The number of nitrogens with zero attached hydrogens (tertiary/aromatic N) is 2. The molecule has 7 heteroatoms. The van der Waals surface area contributed by atoms with Crippen molar-refractivity contribution in [3.05, 3.63) is 83.2 Å². The molecule has 1 fully saturated rings. The number of pyridine rings is 1. The minimum atomic E-state index is -0.276. The van der Waals surface area contributed by atoms with Crippen LogP contribution in [0.3, 0.4) is 0 Å². The van der Waals surface area contributed by atoms with Crippen LogP contribution in [0.25, 0.3) is 11.3 Å². The van der Waals surface area contributed by atoms with E-state index in [-0.39, 0.29) is 17.8 Å². The molecule has 1 aromatic heterocycles. The van der Waals surface area contributed by atoms with Crippen LogP contribution in [0.5, 0.6) is 0 Å². The van der Waals surface area contributed by atoms with Crippen molar-refractivity contribution in [1.82, 2.24) is 15.6 Å². The van der Waals surface area contributed by atoms with Gasteiger partial charge in [-0.05, 0) is 61.7 Å². The molecule has 0 unspecified atom stereocenters. The van der Waals surface area contributed by atoms with Crippen LogP contribution in [0.1, 0.15) is 40.7 Å². The predicted molar refractivity (Wildman–Crippen MR) is 131 cm³/mol. The summed E-state index contributed by atoms with van der Waals surface area (Å²) in [5.41, 5.74) is 3.12. The van der Waals surface area contributed by atoms with E-state index in [0.717, 1.165) is 24.9 Å². The number of piperidine rings is 1. The van der Waals surface area contributed by atoms with Crippen molar-refractivity contribution < 1.29 is 9.18 Å². The van der Waals surface area contributed by atoms with Gasteiger partial charge < -0.3 is 16.0 Å². The Balaban J connectivity index is 1.54. The van der Waals surface area contributed by atoms with Crippen LogP contribution in [0.15, 0.2) is 60.7 Å². The monoisotopic (exact) mass is 457 g/mol. The molecule has 0 aliphatic carbocycles. The first kappa shape index (κ1) is 23.4. The van der Waals surface area contributed by atoms with E-state index in [4.69, 9.17) is 4.98 Å². The Bertz CT molecular complexity index is 1180. The highest BCUT2D eigenvalue weighted by Crippen LogP contribution is 2.25. The first-order chi connectivity index (χ1) is 16.6. The second-order valence-corrected chi connectivity index (χ2v) is 8.41. The van der Waals surface area contributed by atoms with Crippen molar-refractivity contribution in [2.75, 3.05) is 25.0 Å². The first-order valence-corrected chi connectivity index (χ1v) is 11.6. The molecule has 34 heavy (non-hydrogen) atoms. The Morgan fingerprint density at radius 3 is 2.82 bits per heavy atom. The fraction of sp³-hybridized carbons (Fsp3) is 0.296. The highest BCUT2D eigenvalue weighted by atomic mass is 19.1. The maximum Gasteiger partial charge on any atom is 0.255 e. The van der Waals surface area contributed by atoms with Gasteiger partial charge >= 0.3 is 0 Å². The zero-order chi connectivity index (χ0) is 23.8. The van der Waals surface area contributed by atoms with Gasteiger partial charge in [0.05, 0.1) is 22.9 Å². The SMILES string of the molecule is N#Cc1ccccc1-c1ccc(C(=O)NC[C@H]2CCCCN2)c(NCCc2cccc(F)c2)n1. The molecule has 0 radical (unpaired) electrons. The number of hydrogen-bond donors (Lipinski definition) is 3. The van der Waals surface area contributed by atoms with E-state index in [1.54, 1.807) is 30.3 Å². The molecule has 6 nitrogen and oxygen atoms in total. The third-order valence-electron chi connectivity index (χ3n) is 5.98. The van der Waals surface area contributed by atoms with E-state index in [0.29, 0.717) is 47.7 Å². The molecule has 3 aromatic rings. The van der Waals surface area contributed by atoms with Crippen LogP contribution < -0.4 is 16.0 Å². The van der Waals surface area contributed by atoms with Crippen LogP contribution in [0.4, 0.5) is 10.2 Å². The summed E-state index contributed by atoms with van der Waals surface area (Å²) in [4.78, 5) is 17.7. The predicted octanol–water partition coefficient (Wildman–Crippen LogP) is 4.29. The summed E-state index contributed by atoms with van der Waals surface area (Å²) in [6, 6.07) is 19.7. The summed E-state index contributed by atoms with van der Waals surface area (Å²) in [5, 5.41) is 19.2. The first-order valence-electron chi connectivity index (χ1n) is 11.6. The summed E-state index contributed by atoms with van der Waals surface area (Å²) >= 11 is 0. The van der Waals surface area contributed by atoms with Crippen LogP contribution >= 0.6 is 0 Å². The van der Waals surface area contributed by atoms with E-state index in [1.165, 1.54) is 18.6 Å². The van der Waals surface area contributed by atoms with Crippen molar-refractivity contribution in [3.8, 4) is 17.3 Å². The Labute approximate surface area is 199 Å². The average Bonchev–Trinajstić information content (AvgIpc) is 2.88. The molecule has 2 heterocycles. The zero-order valence-electron chi connectivity index (χ0n) is 19.0. The number of halogens is 1. The summed E-state index contributed by atoms with van der Waals surface area (Å²) in [6.45, 7) is 2.01. The molecule has 1 atom stereocenters. The summed E-state index contributed by atoms with van der Waals surface area (Å²) in [6.07, 6.45) is 3.95. The number of aromatic nitrogens is 1. The van der Waals surface area contributed by atoms with Gasteiger partial charge in [0.1, 0.15) is 11.6 Å². The van der Waals surface area contributed by atoms with Crippen molar-refractivity contribution >= 4 is 11.7 Å². The quantitative estimate of drug-likeness (QED) is 0.470. The van der Waals surface area contributed by atoms with E-state index in [1.807, 2.05) is 18.2 Å². The number of nitrogens with one attached hydrogen (secondary N) is 3. The van der Waals surface area contributed by atoms with Crippen LogP contribution in [0, 0.1) is 17.1 Å². The molecular formula is C27H28FN5O. The molecule has 1 amide bonds. The highest BCUT2D eigenvalue weighted by molar-refractivity contribution is 5.99. The topological polar surface area (TPSA) is 89.8 Å². The number of carbonyl (C=O) groups is 1. The third kappa shape index (κ3) is 5.97. The lowest BCUT2D eigenvalue weighted by molar-refractivity contribution is 0.0948. The van der Waals surface area contributed by atoms with Crippen LogP contribution in [-0.2, 0) is 6.42 Å². The molecule has 0 saturated carbocycles. The van der Waals surface area contributed by atoms with E-state index in [9.17, 15) is 14.4 Å². The van der Waals surface area contributed by atoms with E-state index in [2.05, 4.69) is 22.0 Å². The summed E-state index contributed by atoms with van der Waals surface area (Å²) in [7, 11) is 0. The Kier molecular flexibility index (Phi) is 7.84. The molecule has 4 rings (SSSR count). The zero-order valence-corrected chi connectivity index (χ0v) is 19.0. The molecule has 2 aromatic carbocycles. The number of benzene rings is 2. The van der Waals surface area contributed by atoms with Gasteiger partial charge in [-0.25, -0.2) is 9.37 Å². The Morgan fingerprint density at radius 1 is 1.15 bits per heavy atom. The number of rotatable bonds is 8. The van der Waals surface area contributed by atoms with E-state index >= 15 is 0 Å². The van der Waals surface area contributed by atoms with Gasteiger partial charge in [-0.15, -0.1) is 0 Å². The molecule has 3 N–H and O–H groups in total. The maximum atomic E-state index is 13.5. The smallest absolute Gasteiger partial charge is 0.255 e. The van der Waals surface area contributed by atoms with Crippen LogP contribution in [0.2, 0.25) is 0 Å². The minimum absolute atomic E-state index is 0.201. The van der Waals surface area contributed by atoms with E-state index < -0.39 is 0 Å². The Hall–Kier alpha value is -3.76. The largest absolute Gasteiger partial charge is 0.369 e. The van der Waals surface area contributed by atoms with Gasteiger partial charge in [-0.3, -0.25) is 4.79 Å². The fourth-order valence-corrected chi connectivity index (χ4v) is 4.16. The average molecular weight is 458 g/mol. The highest BCUT2D eigenvalue weighted by Gasteiger charge is 2.18. The van der Waals surface area contributed by atoms with Crippen molar-refractivity contribution in [2.24, 2.45) is 0 Å². The van der Waals surface area contributed by atoms with Crippen molar-refractivity contribution in [3.63, 3.8) is 0 Å². The lowest BCUT2D eigenvalue weighted by atomic mass is 10.0. The van der Waals surface area contributed by atoms with Gasteiger partial charge in [0.15, 0.2) is 0 Å². The molecule has 0 spiro atoms. The van der Waals surface area contributed by atoms with Crippen LogP contribution in [-0.4, -0.2) is 36.6 Å². The summed E-state index contributed by atoms with van der Waals surface area (Å²) < 4.78 is 13.5.